The SMILES string of the molecule is CCOc1cccc2cc(-c3csc(NC(=O)c4cc5cc([N+](=O)[O-])ccc5s4)n3)oc12. The highest BCUT2D eigenvalue weighted by atomic mass is 32.1. The third-order valence-electron chi connectivity index (χ3n) is 4.72. The maximum Gasteiger partial charge on any atom is 0.270 e. The number of anilines is 1. The summed E-state index contributed by atoms with van der Waals surface area (Å²) < 4.78 is 12.4. The molecule has 0 saturated carbocycles. The number of carbonyl (C=O) groups is 1. The van der Waals surface area contributed by atoms with Crippen LogP contribution in [-0.4, -0.2) is 22.4 Å². The standard InChI is InChI=1S/C22H15N3O5S2/c1-2-29-16-5-3-4-12-9-17(30-20(12)16)15-11-31-22(23-15)24-21(26)19-10-13-8-14(25(27)28)6-7-18(13)32-19/h3-11H,2H2,1H3,(H,23,24,26). The van der Waals surface area contributed by atoms with E-state index in [4.69, 9.17) is 9.15 Å². The molecule has 0 unspecified atom stereocenters. The molecule has 1 amide bonds. The van der Waals surface area contributed by atoms with E-state index >= 15 is 0 Å². The first kappa shape index (κ1) is 20.2. The summed E-state index contributed by atoms with van der Waals surface area (Å²) in [7, 11) is 0. The minimum atomic E-state index is -0.455. The molecule has 10 heteroatoms. The lowest BCUT2D eigenvalue weighted by molar-refractivity contribution is -0.384. The Labute approximate surface area is 189 Å². The van der Waals surface area contributed by atoms with Crippen LogP contribution in [0.3, 0.4) is 0 Å². The Morgan fingerprint density at radius 2 is 2.09 bits per heavy atom. The second kappa shape index (κ2) is 8.06. The van der Waals surface area contributed by atoms with Crippen LogP contribution in [-0.2, 0) is 0 Å². The van der Waals surface area contributed by atoms with Gasteiger partial charge in [0.15, 0.2) is 22.2 Å². The number of carbonyl (C=O) groups excluding carboxylic acids is 1. The summed E-state index contributed by atoms with van der Waals surface area (Å²) >= 11 is 2.55. The third kappa shape index (κ3) is 3.70. The van der Waals surface area contributed by atoms with E-state index in [1.165, 1.54) is 34.8 Å². The van der Waals surface area contributed by atoms with Crippen molar-refractivity contribution >= 4 is 60.5 Å². The predicted molar refractivity (Wildman–Crippen MR) is 125 cm³/mol. The van der Waals surface area contributed by atoms with Crippen molar-refractivity contribution in [3.8, 4) is 17.2 Å². The van der Waals surface area contributed by atoms with Crippen LogP contribution >= 0.6 is 22.7 Å². The number of amides is 1. The zero-order valence-electron chi connectivity index (χ0n) is 16.7. The second-order valence-electron chi connectivity index (χ2n) is 6.80. The molecule has 0 bridgehead atoms. The first-order valence-electron chi connectivity index (χ1n) is 9.62. The maximum atomic E-state index is 12.7. The first-order valence-corrected chi connectivity index (χ1v) is 11.3. The Morgan fingerprint density at radius 3 is 2.91 bits per heavy atom. The van der Waals surface area contributed by atoms with E-state index in [2.05, 4.69) is 10.3 Å². The number of nitrogens with one attached hydrogen (secondary N) is 1. The molecule has 0 saturated heterocycles. The van der Waals surface area contributed by atoms with Crippen LogP contribution in [0, 0.1) is 10.1 Å². The van der Waals surface area contributed by atoms with Gasteiger partial charge in [-0.1, -0.05) is 12.1 Å². The van der Waals surface area contributed by atoms with Crippen molar-refractivity contribution in [3.05, 3.63) is 68.9 Å². The molecule has 32 heavy (non-hydrogen) atoms. The molecule has 0 aliphatic carbocycles. The number of benzene rings is 2. The lowest BCUT2D eigenvalue weighted by Gasteiger charge is -2.02. The molecule has 2 aromatic carbocycles. The second-order valence-corrected chi connectivity index (χ2v) is 8.74. The fourth-order valence-electron chi connectivity index (χ4n) is 3.29. The van der Waals surface area contributed by atoms with Crippen LogP contribution in [0.5, 0.6) is 5.75 Å². The van der Waals surface area contributed by atoms with Gasteiger partial charge in [0.1, 0.15) is 5.69 Å². The molecule has 3 heterocycles. The van der Waals surface area contributed by atoms with Gasteiger partial charge >= 0.3 is 0 Å². The number of nitrogens with zero attached hydrogens (tertiary/aromatic N) is 2. The van der Waals surface area contributed by atoms with Crippen molar-refractivity contribution < 1.29 is 18.9 Å². The number of aromatic nitrogens is 1. The van der Waals surface area contributed by atoms with Crippen molar-refractivity contribution in [1.82, 2.24) is 4.98 Å². The van der Waals surface area contributed by atoms with Crippen molar-refractivity contribution in [2.75, 3.05) is 11.9 Å². The van der Waals surface area contributed by atoms with E-state index in [-0.39, 0.29) is 11.6 Å². The molecule has 0 aliphatic heterocycles. The molecule has 1 N–H and O–H groups in total. The molecule has 5 rings (SSSR count). The van der Waals surface area contributed by atoms with Gasteiger partial charge in [0.05, 0.1) is 16.4 Å². The first-order chi connectivity index (χ1) is 15.5. The Hall–Kier alpha value is -3.76. The summed E-state index contributed by atoms with van der Waals surface area (Å²) in [5.41, 5.74) is 1.25. The Bertz CT molecular complexity index is 1480. The van der Waals surface area contributed by atoms with Gasteiger partial charge in [0, 0.05) is 33.0 Å². The number of furan rings is 1. The van der Waals surface area contributed by atoms with Crippen LogP contribution in [0.4, 0.5) is 10.8 Å². The lowest BCUT2D eigenvalue weighted by Crippen LogP contribution is -2.09. The van der Waals surface area contributed by atoms with Gasteiger partial charge in [-0.05, 0) is 31.2 Å². The molecule has 0 atom stereocenters. The van der Waals surface area contributed by atoms with Gasteiger partial charge in [-0.2, -0.15) is 0 Å². The molecule has 0 spiro atoms. The zero-order valence-corrected chi connectivity index (χ0v) is 18.3. The summed E-state index contributed by atoms with van der Waals surface area (Å²) in [6, 6.07) is 13.8. The number of hydrogen-bond donors (Lipinski definition) is 1. The van der Waals surface area contributed by atoms with Crippen molar-refractivity contribution in [3.63, 3.8) is 0 Å². The molecule has 0 aliphatic rings. The molecular formula is C22H15N3O5S2. The topological polar surface area (TPSA) is 108 Å². The summed E-state index contributed by atoms with van der Waals surface area (Å²) in [6.07, 6.45) is 0. The van der Waals surface area contributed by atoms with Crippen LogP contribution in [0.2, 0.25) is 0 Å². The average Bonchev–Trinajstić information content (AvgIpc) is 3.51. The number of nitro benzene ring substituents is 1. The third-order valence-corrected chi connectivity index (χ3v) is 6.59. The summed E-state index contributed by atoms with van der Waals surface area (Å²) in [5.74, 6) is 0.932. The normalized spacial score (nSPS) is 11.2. The van der Waals surface area contributed by atoms with E-state index in [1.54, 1.807) is 12.1 Å². The summed E-state index contributed by atoms with van der Waals surface area (Å²) in [6.45, 7) is 2.45. The van der Waals surface area contributed by atoms with Gasteiger partial charge in [-0.15, -0.1) is 22.7 Å². The van der Waals surface area contributed by atoms with E-state index in [9.17, 15) is 14.9 Å². The molecule has 160 valence electrons. The van der Waals surface area contributed by atoms with Gasteiger partial charge in [0.25, 0.3) is 11.6 Å². The van der Waals surface area contributed by atoms with Gasteiger partial charge in [-0.3, -0.25) is 20.2 Å². The van der Waals surface area contributed by atoms with Gasteiger partial charge < -0.3 is 9.15 Å². The number of thiophene rings is 1. The monoisotopic (exact) mass is 465 g/mol. The minimum Gasteiger partial charge on any atom is -0.490 e. The fraction of sp³-hybridized carbons (Fsp3) is 0.0909. The van der Waals surface area contributed by atoms with Crippen LogP contribution < -0.4 is 10.1 Å². The zero-order chi connectivity index (χ0) is 22.2. The molecule has 5 aromatic rings. The Balaban J connectivity index is 1.38. The van der Waals surface area contributed by atoms with E-state index in [0.29, 0.717) is 44.8 Å². The highest BCUT2D eigenvalue weighted by Crippen LogP contribution is 2.35. The van der Waals surface area contributed by atoms with E-state index in [1.807, 2.05) is 36.6 Å². The van der Waals surface area contributed by atoms with Crippen LogP contribution in [0.25, 0.3) is 32.5 Å². The predicted octanol–water partition coefficient (Wildman–Crippen LogP) is 6.33. The summed E-state index contributed by atoms with van der Waals surface area (Å²) in [5, 5.41) is 17.6. The largest absolute Gasteiger partial charge is 0.490 e. The highest BCUT2D eigenvalue weighted by molar-refractivity contribution is 7.21. The fourth-order valence-corrected chi connectivity index (χ4v) is 4.92. The number of fused-ring (bicyclic) bond motifs is 2. The molecule has 8 nitrogen and oxygen atoms in total. The molecule has 3 aromatic heterocycles. The summed E-state index contributed by atoms with van der Waals surface area (Å²) in [4.78, 5) is 28.1. The smallest absolute Gasteiger partial charge is 0.270 e. The number of rotatable bonds is 6. The number of non-ortho nitro benzene ring substituents is 1. The molecule has 0 fully saturated rings. The Morgan fingerprint density at radius 1 is 1.22 bits per heavy atom. The van der Waals surface area contributed by atoms with Crippen molar-refractivity contribution in [2.45, 2.75) is 6.92 Å². The highest BCUT2D eigenvalue weighted by Gasteiger charge is 2.17. The Kier molecular flexibility index (Phi) is 5.08. The number of thiazole rings is 1. The van der Waals surface area contributed by atoms with E-state index in [0.717, 1.165) is 10.1 Å². The van der Waals surface area contributed by atoms with E-state index < -0.39 is 4.92 Å². The average molecular weight is 466 g/mol. The number of nitro groups is 1. The van der Waals surface area contributed by atoms with Gasteiger partial charge in [-0.25, -0.2) is 4.98 Å². The molecular weight excluding hydrogens is 450 g/mol. The lowest BCUT2D eigenvalue weighted by atomic mass is 10.2. The molecule has 0 radical (unpaired) electrons. The maximum absolute atomic E-state index is 12.7. The van der Waals surface area contributed by atoms with Crippen molar-refractivity contribution in [2.24, 2.45) is 0 Å². The van der Waals surface area contributed by atoms with Crippen LogP contribution in [0.15, 0.2) is 58.3 Å². The minimum absolute atomic E-state index is 0.00912. The number of ether oxygens (including phenoxy) is 1. The van der Waals surface area contributed by atoms with Gasteiger partial charge in [0.2, 0.25) is 0 Å². The number of hydrogen-bond acceptors (Lipinski definition) is 8. The van der Waals surface area contributed by atoms with Crippen molar-refractivity contribution in [1.29, 1.82) is 0 Å². The van der Waals surface area contributed by atoms with Crippen LogP contribution in [0.1, 0.15) is 16.6 Å². The quantitative estimate of drug-likeness (QED) is 0.232. The number of para-hydroxylation sites is 1.